The summed E-state index contributed by atoms with van der Waals surface area (Å²) in [7, 11) is 1.31. The van der Waals surface area contributed by atoms with Crippen molar-refractivity contribution < 1.29 is 24.1 Å². The van der Waals surface area contributed by atoms with Crippen molar-refractivity contribution in [3.05, 3.63) is 71.8 Å². The molecule has 0 saturated heterocycles. The average molecular weight is 493 g/mol. The van der Waals surface area contributed by atoms with Crippen LogP contribution in [0.25, 0.3) is 0 Å². The largest absolute Gasteiger partial charge is 0.468 e. The van der Waals surface area contributed by atoms with Crippen LogP contribution < -0.4 is 0 Å². The van der Waals surface area contributed by atoms with Gasteiger partial charge < -0.3 is 19.3 Å². The van der Waals surface area contributed by atoms with Crippen molar-refractivity contribution >= 4 is 21.9 Å². The number of aliphatic hydroxyl groups excluding tert-OH is 1. The second-order valence-electron chi connectivity index (χ2n) is 8.11. The van der Waals surface area contributed by atoms with Crippen LogP contribution in [-0.4, -0.2) is 41.3 Å². The first kappa shape index (κ1) is 25.5. The standard InChI is InChI=1S/C25H33BrO5/c1-18(15-30-16-20-11-7-5-8-12-20)22(31-17-21-13-9-6-10-14-21)19(2)23(27)25(3,26)24(28)29-4/h5-14,18-19,22-23,27H,15-17H2,1-4H3/t18-,19+,22-,23+,25+/m0/s1. The van der Waals surface area contributed by atoms with Gasteiger partial charge in [-0.05, 0) is 18.1 Å². The van der Waals surface area contributed by atoms with Crippen molar-refractivity contribution in [2.24, 2.45) is 11.8 Å². The predicted molar refractivity (Wildman–Crippen MR) is 125 cm³/mol. The Labute approximate surface area is 193 Å². The Kier molecular flexibility index (Phi) is 10.2. The third kappa shape index (κ3) is 7.42. The zero-order chi connectivity index (χ0) is 22.9. The van der Waals surface area contributed by atoms with Crippen LogP contribution in [0.15, 0.2) is 60.7 Å². The van der Waals surface area contributed by atoms with Crippen molar-refractivity contribution in [3.8, 4) is 0 Å². The minimum Gasteiger partial charge on any atom is -0.468 e. The summed E-state index contributed by atoms with van der Waals surface area (Å²) >= 11 is 3.36. The number of esters is 1. The van der Waals surface area contributed by atoms with E-state index in [1.807, 2.05) is 74.5 Å². The maximum absolute atomic E-state index is 12.2. The Balaban J connectivity index is 2.09. The molecule has 0 amide bonds. The molecular weight excluding hydrogens is 460 g/mol. The molecule has 0 bridgehead atoms. The van der Waals surface area contributed by atoms with Gasteiger partial charge in [0.1, 0.15) is 4.32 Å². The summed E-state index contributed by atoms with van der Waals surface area (Å²) in [4.78, 5) is 12.2. The van der Waals surface area contributed by atoms with Crippen molar-refractivity contribution in [1.82, 2.24) is 0 Å². The Bertz CT molecular complexity index is 781. The van der Waals surface area contributed by atoms with Crippen LogP contribution in [0.3, 0.4) is 0 Å². The van der Waals surface area contributed by atoms with Crippen LogP contribution in [0.4, 0.5) is 0 Å². The second-order valence-corrected chi connectivity index (χ2v) is 9.76. The molecule has 0 aliphatic carbocycles. The van der Waals surface area contributed by atoms with E-state index in [2.05, 4.69) is 15.9 Å². The fourth-order valence-electron chi connectivity index (χ4n) is 3.63. The number of hydrogen-bond acceptors (Lipinski definition) is 5. The minimum atomic E-state index is -1.24. The van der Waals surface area contributed by atoms with Gasteiger partial charge in [0.2, 0.25) is 0 Å². The Hall–Kier alpha value is -1.73. The molecule has 0 unspecified atom stereocenters. The third-order valence-corrected chi connectivity index (χ3v) is 6.29. The van der Waals surface area contributed by atoms with Gasteiger partial charge in [0.25, 0.3) is 0 Å². The van der Waals surface area contributed by atoms with E-state index in [1.165, 1.54) is 7.11 Å². The van der Waals surface area contributed by atoms with Gasteiger partial charge in [0, 0.05) is 11.8 Å². The smallest absolute Gasteiger partial charge is 0.325 e. The van der Waals surface area contributed by atoms with E-state index in [9.17, 15) is 9.90 Å². The lowest BCUT2D eigenvalue weighted by atomic mass is 9.84. The third-order valence-electron chi connectivity index (χ3n) is 5.49. The first-order chi connectivity index (χ1) is 14.8. The molecule has 5 atom stereocenters. The summed E-state index contributed by atoms with van der Waals surface area (Å²) in [6.45, 7) is 6.91. The lowest BCUT2D eigenvalue weighted by Crippen LogP contribution is -2.50. The molecule has 0 aliphatic rings. The van der Waals surface area contributed by atoms with Crippen LogP contribution in [0, 0.1) is 11.8 Å². The van der Waals surface area contributed by atoms with Gasteiger partial charge >= 0.3 is 5.97 Å². The molecule has 1 N–H and O–H groups in total. The predicted octanol–water partition coefficient (Wildman–Crippen LogP) is 4.75. The fourth-order valence-corrected chi connectivity index (χ4v) is 4.21. The highest BCUT2D eigenvalue weighted by atomic mass is 79.9. The molecule has 2 aromatic carbocycles. The van der Waals surface area contributed by atoms with Crippen LogP contribution >= 0.6 is 15.9 Å². The van der Waals surface area contributed by atoms with Crippen LogP contribution in [0.5, 0.6) is 0 Å². The van der Waals surface area contributed by atoms with Crippen LogP contribution in [0.2, 0.25) is 0 Å². The number of halogens is 1. The average Bonchev–Trinajstić information content (AvgIpc) is 2.79. The highest BCUT2D eigenvalue weighted by Crippen LogP contribution is 2.33. The zero-order valence-corrected chi connectivity index (χ0v) is 20.2. The van der Waals surface area contributed by atoms with Gasteiger partial charge in [0.15, 0.2) is 0 Å². The highest BCUT2D eigenvalue weighted by molar-refractivity contribution is 9.10. The number of carbonyl (C=O) groups excluding carboxylic acids is 1. The van der Waals surface area contributed by atoms with E-state index >= 15 is 0 Å². The van der Waals surface area contributed by atoms with E-state index in [0.717, 1.165) is 11.1 Å². The van der Waals surface area contributed by atoms with Gasteiger partial charge in [-0.3, -0.25) is 4.79 Å². The molecule has 0 aromatic heterocycles. The summed E-state index contributed by atoms with van der Waals surface area (Å²) < 4.78 is 15.8. The molecule has 0 spiro atoms. The van der Waals surface area contributed by atoms with Crippen molar-refractivity contribution in [1.29, 1.82) is 0 Å². The number of hydrogen-bond donors (Lipinski definition) is 1. The molecular formula is C25H33BrO5. The summed E-state index contributed by atoms with van der Waals surface area (Å²) in [6, 6.07) is 19.9. The maximum atomic E-state index is 12.2. The molecule has 2 aromatic rings. The number of methoxy groups -OCH3 is 1. The van der Waals surface area contributed by atoms with E-state index in [0.29, 0.717) is 19.8 Å². The molecule has 6 heteroatoms. The fraction of sp³-hybridized carbons (Fsp3) is 0.480. The number of carbonyl (C=O) groups is 1. The molecule has 0 fully saturated rings. The summed E-state index contributed by atoms with van der Waals surface area (Å²) in [5.41, 5.74) is 2.14. The molecule has 2 rings (SSSR count). The monoisotopic (exact) mass is 492 g/mol. The van der Waals surface area contributed by atoms with Crippen LogP contribution in [0.1, 0.15) is 31.9 Å². The Morgan fingerprint density at radius 1 is 1.00 bits per heavy atom. The van der Waals surface area contributed by atoms with Gasteiger partial charge in [0.05, 0.1) is 39.1 Å². The van der Waals surface area contributed by atoms with E-state index in [1.54, 1.807) is 6.92 Å². The number of ether oxygens (including phenoxy) is 3. The summed E-state index contributed by atoms with van der Waals surface area (Å²) in [6.07, 6.45) is -1.36. The molecule has 5 nitrogen and oxygen atoms in total. The topological polar surface area (TPSA) is 65.0 Å². The normalized spacial score (nSPS) is 17.2. The first-order valence-corrected chi connectivity index (χ1v) is 11.3. The molecule has 31 heavy (non-hydrogen) atoms. The molecule has 0 heterocycles. The Morgan fingerprint density at radius 3 is 2.03 bits per heavy atom. The zero-order valence-electron chi connectivity index (χ0n) is 18.7. The van der Waals surface area contributed by atoms with E-state index in [-0.39, 0.29) is 17.9 Å². The van der Waals surface area contributed by atoms with Gasteiger partial charge in [-0.1, -0.05) is 90.4 Å². The quantitative estimate of drug-likeness (QED) is 0.342. The molecule has 0 aliphatic heterocycles. The number of rotatable bonds is 12. The maximum Gasteiger partial charge on any atom is 0.325 e. The molecule has 170 valence electrons. The van der Waals surface area contributed by atoms with Crippen molar-refractivity contribution in [2.45, 2.75) is 50.5 Å². The number of aliphatic hydroxyl groups is 1. The number of benzene rings is 2. The second kappa shape index (κ2) is 12.3. The lowest BCUT2D eigenvalue weighted by molar-refractivity contribution is -0.149. The lowest BCUT2D eigenvalue weighted by Gasteiger charge is -2.37. The Morgan fingerprint density at radius 2 is 1.52 bits per heavy atom. The SMILES string of the molecule is COC(=O)[C@](C)(Br)[C@H](O)[C@H](C)[C@@H](OCc1ccccc1)[C@@H](C)COCc1ccccc1. The van der Waals surface area contributed by atoms with Crippen molar-refractivity contribution in [2.75, 3.05) is 13.7 Å². The van der Waals surface area contributed by atoms with Crippen LogP contribution in [-0.2, 0) is 32.2 Å². The summed E-state index contributed by atoms with van der Waals surface area (Å²) in [5.74, 6) is -0.901. The van der Waals surface area contributed by atoms with Gasteiger partial charge in [-0.25, -0.2) is 0 Å². The number of alkyl halides is 1. The molecule has 0 saturated carbocycles. The minimum absolute atomic E-state index is 0.0157. The van der Waals surface area contributed by atoms with Crippen molar-refractivity contribution in [3.63, 3.8) is 0 Å². The van der Waals surface area contributed by atoms with E-state index < -0.39 is 16.4 Å². The van der Waals surface area contributed by atoms with Gasteiger partial charge in [-0.2, -0.15) is 0 Å². The highest BCUT2D eigenvalue weighted by Gasteiger charge is 2.45. The van der Waals surface area contributed by atoms with Gasteiger partial charge in [-0.15, -0.1) is 0 Å². The summed E-state index contributed by atoms with van der Waals surface area (Å²) in [5, 5.41) is 11.0. The van der Waals surface area contributed by atoms with E-state index in [4.69, 9.17) is 14.2 Å². The first-order valence-electron chi connectivity index (χ1n) is 10.5. The molecule has 0 radical (unpaired) electrons.